The minimum absolute atomic E-state index is 0.120. The van der Waals surface area contributed by atoms with E-state index in [4.69, 9.17) is 0 Å². The van der Waals surface area contributed by atoms with Crippen LogP contribution in [0.2, 0.25) is 0 Å². The molecule has 4 rings (SSSR count). The number of thiophene rings is 1. The van der Waals surface area contributed by atoms with Gasteiger partial charge in [0.1, 0.15) is 6.04 Å². The zero-order valence-electron chi connectivity index (χ0n) is 18.3. The third kappa shape index (κ3) is 5.96. The van der Waals surface area contributed by atoms with Gasteiger partial charge in [0.05, 0.1) is 5.56 Å². The van der Waals surface area contributed by atoms with Gasteiger partial charge in [-0.1, -0.05) is 48.5 Å². The molecule has 1 amide bonds. The highest BCUT2D eigenvalue weighted by Crippen LogP contribution is 2.31. The minimum Gasteiger partial charge on any atom is -0.480 e. The number of hydrogen-bond donors (Lipinski definition) is 2. The van der Waals surface area contributed by atoms with E-state index in [-0.39, 0.29) is 12.0 Å². The summed E-state index contributed by atoms with van der Waals surface area (Å²) in [5.74, 6) is -1.70. The summed E-state index contributed by atoms with van der Waals surface area (Å²) in [5, 5.41) is 16.2. The molecule has 1 atom stereocenters. The van der Waals surface area contributed by atoms with Crippen LogP contribution in [0.25, 0.3) is 22.3 Å². The van der Waals surface area contributed by atoms with Gasteiger partial charge in [-0.25, -0.2) is 4.79 Å². The normalized spacial score (nSPS) is 12.2. The molecule has 0 spiro atoms. The van der Waals surface area contributed by atoms with E-state index in [9.17, 15) is 27.9 Å². The SMILES string of the molecule is O=C(NC(Cc1ccc(-c2ccsc2)cc1)C(=O)O)c1ccc(-c2ccc(C(F)(F)F)cc2)cc1. The first-order valence-corrected chi connectivity index (χ1v) is 11.6. The Kier molecular flexibility index (Phi) is 7.02. The monoisotopic (exact) mass is 495 g/mol. The molecule has 3 aromatic carbocycles. The molecule has 0 aliphatic heterocycles. The maximum Gasteiger partial charge on any atom is 0.416 e. The quantitative estimate of drug-likeness (QED) is 0.307. The maximum absolute atomic E-state index is 12.8. The zero-order chi connectivity index (χ0) is 25.0. The Hall–Kier alpha value is -3.91. The third-order valence-electron chi connectivity index (χ3n) is 5.54. The van der Waals surface area contributed by atoms with Crippen molar-refractivity contribution in [1.29, 1.82) is 0 Å². The van der Waals surface area contributed by atoms with E-state index in [2.05, 4.69) is 5.32 Å². The lowest BCUT2D eigenvalue weighted by atomic mass is 10.0. The van der Waals surface area contributed by atoms with Gasteiger partial charge in [-0.15, -0.1) is 0 Å². The van der Waals surface area contributed by atoms with E-state index >= 15 is 0 Å². The molecule has 0 aliphatic carbocycles. The molecule has 0 saturated heterocycles. The summed E-state index contributed by atoms with van der Waals surface area (Å²) in [7, 11) is 0. The molecule has 1 unspecified atom stereocenters. The van der Waals surface area contributed by atoms with Crippen LogP contribution in [-0.2, 0) is 17.4 Å². The standard InChI is InChI=1S/C27H20F3NO3S/c28-27(29,30)23-11-9-19(10-12-23)18-5-7-21(8-6-18)25(32)31-24(26(33)34)15-17-1-3-20(4-2-17)22-13-14-35-16-22/h1-14,16,24H,15H2,(H,31,32)(H,33,34). The van der Waals surface area contributed by atoms with Crippen molar-refractivity contribution in [2.75, 3.05) is 0 Å². The number of rotatable bonds is 7. The molecule has 35 heavy (non-hydrogen) atoms. The summed E-state index contributed by atoms with van der Waals surface area (Å²) in [4.78, 5) is 24.4. The van der Waals surface area contributed by atoms with E-state index in [1.165, 1.54) is 24.3 Å². The van der Waals surface area contributed by atoms with Gasteiger partial charge in [0, 0.05) is 12.0 Å². The lowest BCUT2D eigenvalue weighted by Crippen LogP contribution is -2.42. The summed E-state index contributed by atoms with van der Waals surface area (Å²) in [5.41, 5.74) is 3.60. The molecule has 0 bridgehead atoms. The van der Waals surface area contributed by atoms with Crippen molar-refractivity contribution in [1.82, 2.24) is 5.32 Å². The van der Waals surface area contributed by atoms with Crippen LogP contribution in [0.1, 0.15) is 21.5 Å². The molecule has 2 N–H and O–H groups in total. The smallest absolute Gasteiger partial charge is 0.416 e. The number of carboxylic acid groups (broad SMARTS) is 1. The predicted molar refractivity (Wildman–Crippen MR) is 129 cm³/mol. The Labute approximate surface area is 203 Å². The fourth-order valence-corrected chi connectivity index (χ4v) is 4.27. The average Bonchev–Trinajstić information content (AvgIpc) is 3.39. The predicted octanol–water partition coefficient (Wildman–Crippen LogP) is 6.53. The number of carbonyl (C=O) groups is 2. The number of benzene rings is 3. The van der Waals surface area contributed by atoms with E-state index in [0.717, 1.165) is 28.8 Å². The van der Waals surface area contributed by atoms with Crippen LogP contribution in [0.4, 0.5) is 13.2 Å². The van der Waals surface area contributed by atoms with Gasteiger partial charge >= 0.3 is 12.1 Å². The Morgan fingerprint density at radius 2 is 1.34 bits per heavy atom. The van der Waals surface area contributed by atoms with Gasteiger partial charge in [0.25, 0.3) is 5.91 Å². The van der Waals surface area contributed by atoms with Gasteiger partial charge in [-0.2, -0.15) is 24.5 Å². The number of amides is 1. The second kappa shape index (κ2) is 10.1. The van der Waals surface area contributed by atoms with Crippen LogP contribution < -0.4 is 5.32 Å². The first kappa shape index (κ1) is 24.2. The van der Waals surface area contributed by atoms with Crippen molar-refractivity contribution in [3.8, 4) is 22.3 Å². The van der Waals surface area contributed by atoms with Crippen LogP contribution in [-0.4, -0.2) is 23.0 Å². The molecule has 0 fully saturated rings. The van der Waals surface area contributed by atoms with Gasteiger partial charge in [-0.3, -0.25) is 4.79 Å². The van der Waals surface area contributed by atoms with Crippen molar-refractivity contribution in [3.05, 3.63) is 106 Å². The Morgan fingerprint density at radius 3 is 1.86 bits per heavy atom. The number of nitrogens with one attached hydrogen (secondary N) is 1. The number of hydrogen-bond acceptors (Lipinski definition) is 3. The van der Waals surface area contributed by atoms with E-state index < -0.39 is 29.7 Å². The largest absolute Gasteiger partial charge is 0.480 e. The fraction of sp³-hybridized carbons (Fsp3) is 0.111. The van der Waals surface area contributed by atoms with Crippen molar-refractivity contribution < 1.29 is 27.9 Å². The molecule has 4 nitrogen and oxygen atoms in total. The van der Waals surface area contributed by atoms with E-state index in [1.54, 1.807) is 23.5 Å². The molecule has 0 aliphatic rings. The van der Waals surface area contributed by atoms with Crippen LogP contribution >= 0.6 is 11.3 Å². The molecule has 0 saturated carbocycles. The Morgan fingerprint density at radius 1 is 0.800 bits per heavy atom. The molecule has 178 valence electrons. The molecule has 1 heterocycles. The van der Waals surface area contributed by atoms with Gasteiger partial charge in [0.2, 0.25) is 0 Å². The highest BCUT2D eigenvalue weighted by atomic mass is 32.1. The first-order chi connectivity index (χ1) is 16.7. The highest BCUT2D eigenvalue weighted by molar-refractivity contribution is 7.08. The fourth-order valence-electron chi connectivity index (χ4n) is 3.61. The number of carbonyl (C=O) groups excluding carboxylic acids is 1. The second-order valence-corrected chi connectivity index (χ2v) is 8.71. The van der Waals surface area contributed by atoms with Gasteiger partial charge < -0.3 is 10.4 Å². The van der Waals surface area contributed by atoms with Gasteiger partial charge in [0.15, 0.2) is 0 Å². The number of aliphatic carboxylic acids is 1. The van der Waals surface area contributed by atoms with Crippen LogP contribution in [0.3, 0.4) is 0 Å². The molecule has 8 heteroatoms. The van der Waals surface area contributed by atoms with Crippen molar-refractivity contribution >= 4 is 23.2 Å². The summed E-state index contributed by atoms with van der Waals surface area (Å²) in [6, 6.07) is 19.4. The Balaban J connectivity index is 1.42. The second-order valence-electron chi connectivity index (χ2n) is 7.93. The number of carboxylic acids is 1. The number of halogens is 3. The maximum atomic E-state index is 12.8. The van der Waals surface area contributed by atoms with Gasteiger partial charge in [-0.05, 0) is 68.9 Å². The Bertz CT molecular complexity index is 1300. The molecular formula is C27H20F3NO3S. The number of alkyl halides is 3. The summed E-state index contributed by atoms with van der Waals surface area (Å²) < 4.78 is 38.3. The molecular weight excluding hydrogens is 475 g/mol. The minimum atomic E-state index is -4.41. The summed E-state index contributed by atoms with van der Waals surface area (Å²) >= 11 is 1.59. The van der Waals surface area contributed by atoms with Crippen molar-refractivity contribution in [3.63, 3.8) is 0 Å². The van der Waals surface area contributed by atoms with E-state index in [0.29, 0.717) is 11.1 Å². The molecule has 4 aromatic rings. The third-order valence-corrected chi connectivity index (χ3v) is 6.23. The molecule has 1 aromatic heterocycles. The lowest BCUT2D eigenvalue weighted by Gasteiger charge is -2.15. The molecule has 0 radical (unpaired) electrons. The first-order valence-electron chi connectivity index (χ1n) is 10.6. The topological polar surface area (TPSA) is 66.4 Å². The van der Waals surface area contributed by atoms with Crippen LogP contribution in [0.5, 0.6) is 0 Å². The van der Waals surface area contributed by atoms with Crippen LogP contribution in [0.15, 0.2) is 89.6 Å². The van der Waals surface area contributed by atoms with Crippen molar-refractivity contribution in [2.45, 2.75) is 18.6 Å². The summed E-state index contributed by atoms with van der Waals surface area (Å²) in [6.07, 6.45) is -4.29. The summed E-state index contributed by atoms with van der Waals surface area (Å²) in [6.45, 7) is 0. The van der Waals surface area contributed by atoms with Crippen molar-refractivity contribution in [2.24, 2.45) is 0 Å². The lowest BCUT2D eigenvalue weighted by molar-refractivity contribution is -0.139. The average molecular weight is 496 g/mol. The zero-order valence-corrected chi connectivity index (χ0v) is 19.1. The van der Waals surface area contributed by atoms with E-state index in [1.807, 2.05) is 41.1 Å². The van der Waals surface area contributed by atoms with Crippen LogP contribution in [0, 0.1) is 0 Å². The highest BCUT2D eigenvalue weighted by Gasteiger charge is 2.30.